The van der Waals surface area contributed by atoms with Gasteiger partial charge in [-0.3, -0.25) is 10.1 Å². The number of hydrogen-bond acceptors (Lipinski definition) is 6. The van der Waals surface area contributed by atoms with Gasteiger partial charge in [-0.05, 0) is 37.6 Å². The van der Waals surface area contributed by atoms with Gasteiger partial charge in [-0.25, -0.2) is 28.1 Å². The summed E-state index contributed by atoms with van der Waals surface area (Å²) in [6.07, 6.45) is 0.209. The van der Waals surface area contributed by atoms with Crippen molar-refractivity contribution in [2.45, 2.75) is 33.4 Å². The number of aryl methyl sites for hydroxylation is 2. The Hall–Kier alpha value is -4.41. The van der Waals surface area contributed by atoms with Crippen molar-refractivity contribution in [2.75, 3.05) is 5.32 Å². The molecule has 0 atom stereocenters. The third kappa shape index (κ3) is 4.65. The fraction of sp³-hybridized carbons (Fsp3) is 0.208. The molecule has 1 amide bonds. The monoisotopic (exact) mass is 477 g/mol. The summed E-state index contributed by atoms with van der Waals surface area (Å²) in [6.45, 7) is 3.86. The van der Waals surface area contributed by atoms with Crippen molar-refractivity contribution in [1.82, 2.24) is 29.5 Å². The van der Waals surface area contributed by atoms with Crippen molar-refractivity contribution in [3.05, 3.63) is 77.4 Å². The number of alkyl halides is 2. The van der Waals surface area contributed by atoms with Crippen molar-refractivity contribution in [2.24, 2.45) is 0 Å². The minimum atomic E-state index is -2.75. The molecule has 0 aliphatic rings. The highest BCUT2D eigenvalue weighted by atomic mass is 19.3. The molecule has 0 spiro atoms. The molecule has 1 aromatic carbocycles. The second-order valence-corrected chi connectivity index (χ2v) is 8.12. The molecule has 0 saturated heterocycles. The van der Waals surface area contributed by atoms with Crippen LogP contribution in [0.3, 0.4) is 0 Å². The molecule has 0 fully saturated rings. The van der Waals surface area contributed by atoms with Crippen LogP contribution in [0.1, 0.15) is 28.8 Å². The first-order valence-corrected chi connectivity index (χ1v) is 10.8. The molecular formula is C24H21F2N7O2. The van der Waals surface area contributed by atoms with Crippen LogP contribution in [0.2, 0.25) is 0 Å². The molecule has 9 nitrogen and oxygen atoms in total. The van der Waals surface area contributed by atoms with E-state index in [1.54, 1.807) is 23.7 Å². The second kappa shape index (κ2) is 9.09. The molecule has 0 radical (unpaired) electrons. The van der Waals surface area contributed by atoms with Crippen LogP contribution in [0.4, 0.5) is 14.7 Å². The van der Waals surface area contributed by atoms with Crippen LogP contribution in [-0.4, -0.2) is 35.4 Å². The van der Waals surface area contributed by atoms with Gasteiger partial charge in [0.25, 0.3) is 6.43 Å². The lowest BCUT2D eigenvalue weighted by atomic mass is 10.1. The highest BCUT2D eigenvalue weighted by Crippen LogP contribution is 2.33. The zero-order chi connectivity index (χ0) is 24.5. The van der Waals surface area contributed by atoms with Crippen molar-refractivity contribution >= 4 is 22.9 Å². The second-order valence-electron chi connectivity index (χ2n) is 8.12. The number of nitrogens with zero attached hydrogens (tertiary/aromatic N) is 6. The lowest BCUT2D eigenvalue weighted by Gasteiger charge is -2.07. The van der Waals surface area contributed by atoms with Gasteiger partial charge < -0.3 is 4.42 Å². The summed E-state index contributed by atoms with van der Waals surface area (Å²) in [4.78, 5) is 21.3. The highest BCUT2D eigenvalue weighted by Gasteiger charge is 2.22. The number of hydrogen-bond donors (Lipinski definition) is 1. The molecule has 178 valence electrons. The summed E-state index contributed by atoms with van der Waals surface area (Å²) in [5.41, 5.74) is 2.73. The van der Waals surface area contributed by atoms with E-state index < -0.39 is 12.3 Å². The van der Waals surface area contributed by atoms with Gasteiger partial charge in [-0.15, -0.1) is 5.10 Å². The number of benzene rings is 1. The molecule has 1 N–H and O–H groups in total. The Morgan fingerprint density at radius 1 is 1.14 bits per heavy atom. The van der Waals surface area contributed by atoms with Crippen LogP contribution >= 0.6 is 0 Å². The van der Waals surface area contributed by atoms with Gasteiger partial charge in [-0.2, -0.15) is 5.10 Å². The van der Waals surface area contributed by atoms with Gasteiger partial charge in [0, 0.05) is 5.56 Å². The number of pyridine rings is 1. The maximum atomic E-state index is 13.8. The lowest BCUT2D eigenvalue weighted by molar-refractivity contribution is -0.116. The van der Waals surface area contributed by atoms with Crippen LogP contribution in [0.25, 0.3) is 22.5 Å². The highest BCUT2D eigenvalue weighted by molar-refractivity contribution is 5.91. The number of amides is 1. The number of aromatic nitrogens is 6. The van der Waals surface area contributed by atoms with E-state index in [4.69, 9.17) is 4.42 Å². The first-order chi connectivity index (χ1) is 16.9. The van der Waals surface area contributed by atoms with E-state index >= 15 is 0 Å². The Kier molecular flexibility index (Phi) is 5.81. The molecule has 0 bridgehead atoms. The maximum Gasteiger partial charge on any atom is 0.264 e. The zero-order valence-electron chi connectivity index (χ0n) is 18.9. The molecular weight excluding hydrogens is 456 g/mol. The normalized spacial score (nSPS) is 11.5. The summed E-state index contributed by atoms with van der Waals surface area (Å²) >= 11 is 0. The predicted octanol–water partition coefficient (Wildman–Crippen LogP) is 4.52. The largest absolute Gasteiger partial charge is 0.463 e. The third-order valence-electron chi connectivity index (χ3n) is 5.46. The van der Waals surface area contributed by atoms with Crippen molar-refractivity contribution in [3.8, 4) is 11.5 Å². The number of furan rings is 1. The van der Waals surface area contributed by atoms with Gasteiger partial charge in [-0.1, -0.05) is 29.8 Å². The number of carbonyl (C=O) groups excluding carboxylic acids is 1. The van der Waals surface area contributed by atoms with Crippen LogP contribution in [0, 0.1) is 13.8 Å². The Bertz CT molecular complexity index is 1490. The van der Waals surface area contributed by atoms with Crippen LogP contribution in [-0.2, 0) is 17.9 Å². The Morgan fingerprint density at radius 3 is 2.66 bits per heavy atom. The Balaban J connectivity index is 1.37. The SMILES string of the molecule is Cc1ccc(Cn2cnc(NC(=O)Cn3nc(C)c4c(C(F)F)cc(-c5ccco5)nc43)n2)cc1. The van der Waals surface area contributed by atoms with Crippen LogP contribution in [0.15, 0.2) is 59.5 Å². The van der Waals surface area contributed by atoms with Crippen molar-refractivity contribution in [3.63, 3.8) is 0 Å². The predicted molar refractivity (Wildman–Crippen MR) is 124 cm³/mol. The fourth-order valence-corrected chi connectivity index (χ4v) is 3.83. The third-order valence-corrected chi connectivity index (χ3v) is 5.46. The van der Waals surface area contributed by atoms with Crippen molar-refractivity contribution in [1.29, 1.82) is 0 Å². The minimum absolute atomic E-state index is 0.132. The molecule has 5 rings (SSSR count). The quantitative estimate of drug-likeness (QED) is 0.370. The number of rotatable bonds is 7. The number of anilines is 1. The molecule has 0 unspecified atom stereocenters. The summed E-state index contributed by atoms with van der Waals surface area (Å²) < 4.78 is 35.9. The molecule has 4 aromatic heterocycles. The standard InChI is InChI=1S/C24H21F2N7O2/c1-14-5-7-16(8-6-14)11-32-13-27-24(31-32)29-20(34)12-33-23-21(15(2)30-33)17(22(25)26)10-18(28-23)19-4-3-9-35-19/h3-10,13,22H,11-12H2,1-2H3,(H,29,31,34). The Morgan fingerprint density at radius 2 is 1.94 bits per heavy atom. The van der Waals surface area contributed by atoms with E-state index in [0.717, 1.165) is 11.1 Å². The lowest BCUT2D eigenvalue weighted by Crippen LogP contribution is -2.20. The molecule has 5 aromatic rings. The molecule has 4 heterocycles. The maximum absolute atomic E-state index is 13.8. The molecule has 11 heteroatoms. The zero-order valence-corrected chi connectivity index (χ0v) is 18.9. The summed E-state index contributed by atoms with van der Waals surface area (Å²) in [5, 5.41) is 11.4. The molecule has 0 aliphatic heterocycles. The number of nitrogens with one attached hydrogen (secondary N) is 1. The number of carbonyl (C=O) groups is 1. The molecule has 0 aliphatic carbocycles. The summed E-state index contributed by atoms with van der Waals surface area (Å²) in [5.74, 6) is 0.00561. The van der Waals surface area contributed by atoms with Gasteiger partial charge >= 0.3 is 0 Å². The van der Waals surface area contributed by atoms with E-state index in [1.165, 1.54) is 23.3 Å². The van der Waals surface area contributed by atoms with E-state index in [0.29, 0.717) is 18.0 Å². The number of fused-ring (bicyclic) bond motifs is 1. The van der Waals surface area contributed by atoms with Crippen LogP contribution < -0.4 is 5.32 Å². The summed E-state index contributed by atoms with van der Waals surface area (Å²) in [6, 6.07) is 12.6. The van der Waals surface area contributed by atoms with Gasteiger partial charge in [0.1, 0.15) is 18.6 Å². The Labute approximate surface area is 198 Å². The van der Waals surface area contributed by atoms with Crippen LogP contribution in [0.5, 0.6) is 0 Å². The average molecular weight is 477 g/mol. The van der Waals surface area contributed by atoms with E-state index in [1.807, 2.05) is 31.2 Å². The molecule has 0 saturated carbocycles. The first kappa shape index (κ1) is 22.4. The van der Waals surface area contributed by atoms with Gasteiger partial charge in [0.05, 0.1) is 23.9 Å². The van der Waals surface area contributed by atoms with Gasteiger partial charge in [0.15, 0.2) is 11.4 Å². The van der Waals surface area contributed by atoms with Gasteiger partial charge in [0.2, 0.25) is 11.9 Å². The average Bonchev–Trinajstić information content (AvgIpc) is 3.57. The van der Waals surface area contributed by atoms with E-state index in [9.17, 15) is 13.6 Å². The first-order valence-electron chi connectivity index (χ1n) is 10.8. The smallest absolute Gasteiger partial charge is 0.264 e. The molecule has 35 heavy (non-hydrogen) atoms. The topological polar surface area (TPSA) is 104 Å². The van der Waals surface area contributed by atoms with E-state index in [-0.39, 0.29) is 34.8 Å². The van der Waals surface area contributed by atoms with Crippen molar-refractivity contribution < 1.29 is 18.0 Å². The minimum Gasteiger partial charge on any atom is -0.463 e. The number of halogens is 2. The fourth-order valence-electron chi connectivity index (χ4n) is 3.83. The summed E-state index contributed by atoms with van der Waals surface area (Å²) in [7, 11) is 0. The van der Waals surface area contributed by atoms with E-state index in [2.05, 4.69) is 25.5 Å².